The fourth-order valence-corrected chi connectivity index (χ4v) is 1.83. The third-order valence-corrected chi connectivity index (χ3v) is 2.98. The number of urea groups is 1. The SMILES string of the molecule is C/C(NCCCO)=C(/C#N)C(=O)NC(=O)Nc1cccc(Cl)c1. The first-order valence-corrected chi connectivity index (χ1v) is 7.19. The van der Waals surface area contributed by atoms with Gasteiger partial charge in [-0.05, 0) is 31.5 Å². The van der Waals surface area contributed by atoms with E-state index in [1.165, 1.54) is 6.07 Å². The molecule has 0 saturated carbocycles. The lowest BCUT2D eigenvalue weighted by molar-refractivity contribution is -0.116. The lowest BCUT2D eigenvalue weighted by Crippen LogP contribution is -2.36. The zero-order valence-corrected chi connectivity index (χ0v) is 13.3. The first kappa shape index (κ1) is 18.5. The Labute approximate surface area is 138 Å². The molecule has 0 bridgehead atoms. The van der Waals surface area contributed by atoms with Crippen molar-refractivity contribution in [3.8, 4) is 6.07 Å². The van der Waals surface area contributed by atoms with E-state index < -0.39 is 11.9 Å². The van der Waals surface area contributed by atoms with Crippen molar-refractivity contribution in [2.24, 2.45) is 0 Å². The average molecular weight is 337 g/mol. The van der Waals surface area contributed by atoms with E-state index in [1.807, 2.05) is 0 Å². The smallest absolute Gasteiger partial charge is 0.326 e. The summed E-state index contributed by atoms with van der Waals surface area (Å²) >= 11 is 5.79. The number of aliphatic hydroxyl groups is 1. The number of carbonyl (C=O) groups is 2. The number of nitrogens with one attached hydrogen (secondary N) is 3. The Balaban J connectivity index is 2.67. The maximum atomic E-state index is 11.9. The Morgan fingerprint density at radius 1 is 1.39 bits per heavy atom. The van der Waals surface area contributed by atoms with Gasteiger partial charge in [-0.1, -0.05) is 17.7 Å². The summed E-state index contributed by atoms with van der Waals surface area (Å²) in [6, 6.07) is 7.41. The van der Waals surface area contributed by atoms with Crippen LogP contribution in [0.25, 0.3) is 0 Å². The Morgan fingerprint density at radius 2 is 2.13 bits per heavy atom. The van der Waals surface area contributed by atoms with Gasteiger partial charge < -0.3 is 15.7 Å². The number of aliphatic hydroxyl groups excluding tert-OH is 1. The lowest BCUT2D eigenvalue weighted by Gasteiger charge is -2.09. The summed E-state index contributed by atoms with van der Waals surface area (Å²) in [5.41, 5.74) is 0.543. The van der Waals surface area contributed by atoms with Gasteiger partial charge in [-0.3, -0.25) is 10.1 Å². The van der Waals surface area contributed by atoms with Crippen LogP contribution in [0.4, 0.5) is 10.5 Å². The predicted molar refractivity (Wildman–Crippen MR) is 86.6 cm³/mol. The van der Waals surface area contributed by atoms with Crippen molar-refractivity contribution in [3.05, 3.63) is 40.6 Å². The molecule has 0 atom stereocenters. The minimum Gasteiger partial charge on any atom is -0.396 e. The number of carbonyl (C=O) groups excluding carboxylic acids is 2. The van der Waals surface area contributed by atoms with Gasteiger partial charge in [0.1, 0.15) is 11.6 Å². The Bertz CT molecular complexity index is 652. The molecule has 23 heavy (non-hydrogen) atoms. The molecule has 0 unspecified atom stereocenters. The number of anilines is 1. The summed E-state index contributed by atoms with van der Waals surface area (Å²) in [5.74, 6) is -0.818. The first-order valence-electron chi connectivity index (χ1n) is 6.81. The number of hydrogen-bond acceptors (Lipinski definition) is 5. The van der Waals surface area contributed by atoms with Gasteiger partial charge in [-0.15, -0.1) is 0 Å². The Kier molecular flexibility index (Phi) is 7.60. The molecule has 7 nitrogen and oxygen atoms in total. The highest BCUT2D eigenvalue weighted by Gasteiger charge is 2.16. The molecule has 0 fully saturated rings. The van der Waals surface area contributed by atoms with E-state index in [-0.39, 0.29) is 12.2 Å². The molecule has 1 aromatic carbocycles. The number of benzene rings is 1. The Morgan fingerprint density at radius 3 is 2.74 bits per heavy atom. The summed E-state index contributed by atoms with van der Waals surface area (Å²) < 4.78 is 0. The molecule has 122 valence electrons. The van der Waals surface area contributed by atoms with E-state index in [0.29, 0.717) is 29.4 Å². The fourth-order valence-electron chi connectivity index (χ4n) is 1.64. The normalized spacial score (nSPS) is 11.0. The van der Waals surface area contributed by atoms with Crippen LogP contribution in [0, 0.1) is 11.3 Å². The van der Waals surface area contributed by atoms with Crippen molar-refractivity contribution in [1.82, 2.24) is 10.6 Å². The van der Waals surface area contributed by atoms with E-state index in [9.17, 15) is 9.59 Å². The van der Waals surface area contributed by atoms with Crippen molar-refractivity contribution >= 4 is 29.2 Å². The van der Waals surface area contributed by atoms with E-state index in [4.69, 9.17) is 22.0 Å². The van der Waals surface area contributed by atoms with Crippen LogP contribution in [-0.4, -0.2) is 30.2 Å². The van der Waals surface area contributed by atoms with Crippen molar-refractivity contribution in [1.29, 1.82) is 5.26 Å². The zero-order valence-electron chi connectivity index (χ0n) is 12.5. The van der Waals surface area contributed by atoms with Gasteiger partial charge in [-0.2, -0.15) is 5.26 Å². The number of nitriles is 1. The number of allylic oxidation sites excluding steroid dienone is 1. The second-order valence-electron chi connectivity index (χ2n) is 4.53. The summed E-state index contributed by atoms with van der Waals surface area (Å²) in [6.45, 7) is 1.95. The van der Waals surface area contributed by atoms with Crippen LogP contribution in [0.15, 0.2) is 35.5 Å². The maximum Gasteiger partial charge on any atom is 0.326 e. The summed E-state index contributed by atoms with van der Waals surface area (Å²) in [4.78, 5) is 23.7. The van der Waals surface area contributed by atoms with Crippen LogP contribution in [0.5, 0.6) is 0 Å². The van der Waals surface area contributed by atoms with Crippen LogP contribution in [-0.2, 0) is 4.79 Å². The van der Waals surface area contributed by atoms with Crippen molar-refractivity contribution in [3.63, 3.8) is 0 Å². The molecule has 1 aromatic rings. The van der Waals surface area contributed by atoms with Crippen LogP contribution in [0.3, 0.4) is 0 Å². The second-order valence-corrected chi connectivity index (χ2v) is 4.97. The number of nitrogens with zero attached hydrogens (tertiary/aromatic N) is 1. The molecular formula is C15H17ClN4O3. The van der Waals surface area contributed by atoms with E-state index >= 15 is 0 Å². The molecule has 8 heteroatoms. The van der Waals surface area contributed by atoms with Gasteiger partial charge in [-0.25, -0.2) is 4.79 Å². The second kappa shape index (κ2) is 9.46. The molecular weight excluding hydrogens is 320 g/mol. The van der Waals surface area contributed by atoms with Gasteiger partial charge in [0, 0.05) is 29.6 Å². The standard InChI is InChI=1S/C15H17ClN4O3/c1-10(18-6-3-7-21)13(9-17)14(22)20-15(23)19-12-5-2-4-11(16)8-12/h2,4-5,8,18,21H,3,6-7H2,1H3,(H2,19,20,22,23)/b13-10+. The predicted octanol–water partition coefficient (Wildman–Crippen LogP) is 1.76. The molecule has 0 aliphatic rings. The van der Waals surface area contributed by atoms with E-state index in [2.05, 4.69) is 16.0 Å². The third-order valence-electron chi connectivity index (χ3n) is 2.75. The highest BCUT2D eigenvalue weighted by molar-refractivity contribution is 6.30. The minimum atomic E-state index is -0.818. The van der Waals surface area contributed by atoms with Gasteiger partial charge in [0.25, 0.3) is 5.91 Å². The van der Waals surface area contributed by atoms with E-state index in [0.717, 1.165) is 0 Å². The molecule has 0 heterocycles. The largest absolute Gasteiger partial charge is 0.396 e. The highest BCUT2D eigenvalue weighted by Crippen LogP contribution is 2.14. The molecule has 1 rings (SSSR count). The number of rotatable bonds is 6. The van der Waals surface area contributed by atoms with Gasteiger partial charge in [0.05, 0.1) is 0 Å². The molecule has 4 N–H and O–H groups in total. The third kappa shape index (κ3) is 6.38. The highest BCUT2D eigenvalue weighted by atomic mass is 35.5. The quantitative estimate of drug-likeness (QED) is 0.359. The minimum absolute atomic E-state index is 0.00357. The number of halogens is 1. The zero-order chi connectivity index (χ0) is 17.2. The molecule has 0 aromatic heterocycles. The summed E-state index contributed by atoms with van der Waals surface area (Å²) in [7, 11) is 0. The van der Waals surface area contributed by atoms with Gasteiger partial charge in [0.2, 0.25) is 0 Å². The molecule has 3 amide bonds. The van der Waals surface area contributed by atoms with Crippen LogP contribution in [0.1, 0.15) is 13.3 Å². The molecule has 0 saturated heterocycles. The number of amides is 3. The number of imide groups is 1. The Hall–Kier alpha value is -2.56. The maximum absolute atomic E-state index is 11.9. The fraction of sp³-hybridized carbons (Fsp3) is 0.267. The van der Waals surface area contributed by atoms with Crippen LogP contribution < -0.4 is 16.0 Å². The first-order chi connectivity index (χ1) is 11.0. The molecule has 0 aliphatic heterocycles. The molecule has 0 radical (unpaired) electrons. The van der Waals surface area contributed by atoms with Gasteiger partial charge >= 0.3 is 6.03 Å². The summed E-state index contributed by atoms with van der Waals surface area (Å²) in [6.07, 6.45) is 0.479. The monoisotopic (exact) mass is 336 g/mol. The van der Waals surface area contributed by atoms with E-state index in [1.54, 1.807) is 31.2 Å². The van der Waals surface area contributed by atoms with Crippen LogP contribution in [0.2, 0.25) is 5.02 Å². The van der Waals surface area contributed by atoms with Crippen molar-refractivity contribution in [2.45, 2.75) is 13.3 Å². The number of hydrogen-bond donors (Lipinski definition) is 4. The molecule has 0 aliphatic carbocycles. The van der Waals surface area contributed by atoms with Crippen LogP contribution >= 0.6 is 11.6 Å². The molecule has 0 spiro atoms. The van der Waals surface area contributed by atoms with Crippen molar-refractivity contribution < 1.29 is 14.7 Å². The van der Waals surface area contributed by atoms with Crippen molar-refractivity contribution in [2.75, 3.05) is 18.5 Å². The lowest BCUT2D eigenvalue weighted by atomic mass is 10.2. The van der Waals surface area contributed by atoms with Gasteiger partial charge in [0.15, 0.2) is 0 Å². The topological polar surface area (TPSA) is 114 Å². The average Bonchev–Trinajstić information content (AvgIpc) is 2.48. The summed E-state index contributed by atoms with van der Waals surface area (Å²) in [5, 5.41) is 25.5.